The molecule has 0 spiro atoms. The molecule has 21 heavy (non-hydrogen) atoms. The zero-order chi connectivity index (χ0) is 15.2. The van der Waals surface area contributed by atoms with Crippen molar-refractivity contribution in [3.05, 3.63) is 37.5 Å². The largest absolute Gasteiger partial charge is 0.357 e. The Bertz CT molecular complexity index is 593. The first kappa shape index (κ1) is 16.0. The van der Waals surface area contributed by atoms with E-state index >= 15 is 0 Å². The maximum absolute atomic E-state index is 4.62. The molecule has 0 saturated heterocycles. The van der Waals surface area contributed by atoms with Crippen LogP contribution in [-0.2, 0) is 13.1 Å². The van der Waals surface area contributed by atoms with E-state index in [0.29, 0.717) is 13.1 Å². The van der Waals surface area contributed by atoms with Crippen molar-refractivity contribution in [3.8, 4) is 0 Å². The van der Waals surface area contributed by atoms with E-state index in [-0.39, 0.29) is 0 Å². The summed E-state index contributed by atoms with van der Waals surface area (Å²) in [6.07, 6.45) is 0. The van der Waals surface area contributed by atoms with E-state index in [0.717, 1.165) is 23.2 Å². The summed E-state index contributed by atoms with van der Waals surface area (Å²) < 4.78 is 0. The number of nitrogens with zero attached hydrogens (tertiary/aromatic N) is 2. The predicted octanol–water partition coefficient (Wildman–Crippen LogP) is 3.39. The molecule has 2 heterocycles. The van der Waals surface area contributed by atoms with Gasteiger partial charge in [-0.3, -0.25) is 0 Å². The van der Waals surface area contributed by atoms with Crippen molar-refractivity contribution in [3.63, 3.8) is 0 Å². The first-order valence-corrected chi connectivity index (χ1v) is 8.72. The molecular weight excluding hydrogens is 300 g/mol. The van der Waals surface area contributed by atoms with Crippen LogP contribution in [0.3, 0.4) is 0 Å². The van der Waals surface area contributed by atoms with Gasteiger partial charge in [0.2, 0.25) is 0 Å². The first-order valence-electron chi connectivity index (χ1n) is 7.09. The Kier molecular flexibility index (Phi) is 5.76. The molecule has 0 aliphatic carbocycles. The Morgan fingerprint density at radius 2 is 2.00 bits per heavy atom. The lowest BCUT2D eigenvalue weighted by Gasteiger charge is -2.09. The highest BCUT2D eigenvalue weighted by atomic mass is 32.1. The minimum atomic E-state index is 0.712. The summed E-state index contributed by atoms with van der Waals surface area (Å²) in [6, 6.07) is 4.28. The molecule has 0 saturated carbocycles. The summed E-state index contributed by atoms with van der Waals surface area (Å²) in [4.78, 5) is 13.1. The molecule has 0 amide bonds. The number of aryl methyl sites for hydroxylation is 3. The second-order valence-electron chi connectivity index (χ2n) is 4.81. The van der Waals surface area contributed by atoms with Crippen molar-refractivity contribution in [1.82, 2.24) is 15.6 Å². The van der Waals surface area contributed by atoms with Gasteiger partial charge in [0, 0.05) is 21.2 Å². The Labute approximate surface area is 134 Å². The highest BCUT2D eigenvalue weighted by molar-refractivity contribution is 7.12. The van der Waals surface area contributed by atoms with E-state index in [1.807, 2.05) is 6.92 Å². The number of nitrogens with one attached hydrogen (secondary N) is 2. The van der Waals surface area contributed by atoms with E-state index in [1.54, 1.807) is 22.7 Å². The summed E-state index contributed by atoms with van der Waals surface area (Å²) in [5.74, 6) is 0.842. The number of guanidine groups is 1. The van der Waals surface area contributed by atoms with Crippen molar-refractivity contribution in [1.29, 1.82) is 0 Å². The molecular formula is C15H22N4S2. The smallest absolute Gasteiger partial charge is 0.191 e. The summed E-state index contributed by atoms with van der Waals surface area (Å²) in [5.41, 5.74) is 1.12. The number of thiazole rings is 1. The van der Waals surface area contributed by atoms with Gasteiger partial charge < -0.3 is 10.6 Å². The number of hydrogen-bond donors (Lipinski definition) is 2. The summed E-state index contributed by atoms with van der Waals surface area (Å²) in [6.45, 7) is 10.6. The van der Waals surface area contributed by atoms with Gasteiger partial charge in [0.25, 0.3) is 0 Å². The van der Waals surface area contributed by atoms with Crippen LogP contribution in [0, 0.1) is 20.8 Å². The van der Waals surface area contributed by atoms with Crippen LogP contribution in [0.1, 0.15) is 32.3 Å². The highest BCUT2D eigenvalue weighted by Gasteiger charge is 2.05. The molecule has 0 aliphatic rings. The molecule has 0 bridgehead atoms. The molecule has 2 aromatic heterocycles. The average Bonchev–Trinajstić information content (AvgIpc) is 3.00. The van der Waals surface area contributed by atoms with Crippen molar-refractivity contribution >= 4 is 28.6 Å². The van der Waals surface area contributed by atoms with Gasteiger partial charge in [-0.05, 0) is 39.8 Å². The molecule has 0 radical (unpaired) electrons. The lowest BCUT2D eigenvalue weighted by Crippen LogP contribution is -2.36. The zero-order valence-electron chi connectivity index (χ0n) is 13.0. The fourth-order valence-corrected chi connectivity index (χ4v) is 3.53. The van der Waals surface area contributed by atoms with Crippen LogP contribution in [0.2, 0.25) is 0 Å². The van der Waals surface area contributed by atoms with Gasteiger partial charge in [0.1, 0.15) is 5.01 Å². The van der Waals surface area contributed by atoms with Crippen molar-refractivity contribution in [2.24, 2.45) is 4.99 Å². The molecule has 2 N–H and O–H groups in total. The topological polar surface area (TPSA) is 49.3 Å². The molecule has 0 aromatic carbocycles. The molecule has 0 fully saturated rings. The SMILES string of the molecule is CCNC(=NCc1ccc(C)s1)NCc1nc(C)c(C)s1. The van der Waals surface area contributed by atoms with E-state index in [9.17, 15) is 0 Å². The molecule has 2 aromatic rings. The third-order valence-corrected chi connectivity index (χ3v) is 5.07. The number of hydrogen-bond acceptors (Lipinski definition) is 4. The number of aromatic nitrogens is 1. The van der Waals surface area contributed by atoms with Crippen LogP contribution in [0.4, 0.5) is 0 Å². The van der Waals surface area contributed by atoms with Gasteiger partial charge in [0.05, 0.1) is 18.8 Å². The fourth-order valence-electron chi connectivity index (χ4n) is 1.84. The molecule has 0 aliphatic heterocycles. The van der Waals surface area contributed by atoms with Crippen molar-refractivity contribution in [2.75, 3.05) is 6.54 Å². The van der Waals surface area contributed by atoms with Crippen LogP contribution in [-0.4, -0.2) is 17.5 Å². The van der Waals surface area contributed by atoms with Crippen LogP contribution in [0.25, 0.3) is 0 Å². The molecule has 114 valence electrons. The molecule has 0 atom stereocenters. The van der Waals surface area contributed by atoms with Gasteiger partial charge in [-0.2, -0.15) is 0 Å². The predicted molar refractivity (Wildman–Crippen MR) is 92.3 cm³/mol. The van der Waals surface area contributed by atoms with E-state index in [4.69, 9.17) is 0 Å². The molecule has 6 heteroatoms. The molecule has 2 rings (SSSR count). The maximum atomic E-state index is 4.62. The third kappa shape index (κ3) is 4.82. The van der Waals surface area contributed by atoms with Crippen LogP contribution in [0.5, 0.6) is 0 Å². The zero-order valence-corrected chi connectivity index (χ0v) is 14.6. The second-order valence-corrected chi connectivity index (χ2v) is 7.47. The molecule has 4 nitrogen and oxygen atoms in total. The Hall–Kier alpha value is -1.40. The van der Waals surface area contributed by atoms with Crippen molar-refractivity contribution < 1.29 is 0 Å². The van der Waals surface area contributed by atoms with Crippen molar-refractivity contribution in [2.45, 2.75) is 40.8 Å². The summed E-state index contributed by atoms with van der Waals surface area (Å²) in [7, 11) is 0. The fraction of sp³-hybridized carbons (Fsp3) is 0.467. The quantitative estimate of drug-likeness (QED) is 0.655. The summed E-state index contributed by atoms with van der Waals surface area (Å²) in [5, 5.41) is 7.72. The van der Waals surface area contributed by atoms with Gasteiger partial charge in [-0.1, -0.05) is 0 Å². The van der Waals surface area contributed by atoms with Crippen LogP contribution in [0.15, 0.2) is 17.1 Å². The minimum absolute atomic E-state index is 0.712. The number of rotatable bonds is 5. The van der Waals surface area contributed by atoms with Gasteiger partial charge in [-0.25, -0.2) is 9.98 Å². The van der Waals surface area contributed by atoms with Crippen LogP contribution < -0.4 is 10.6 Å². The Morgan fingerprint density at radius 1 is 1.19 bits per heavy atom. The first-order chi connectivity index (χ1) is 10.1. The standard InChI is InChI=1S/C15H22N4S2/c1-5-16-15(17-8-13-7-6-10(2)20-13)18-9-14-19-11(3)12(4)21-14/h6-7H,5,8-9H2,1-4H3,(H2,16,17,18). The van der Waals surface area contributed by atoms with Crippen LogP contribution >= 0.6 is 22.7 Å². The third-order valence-electron chi connectivity index (χ3n) is 3.01. The number of thiophene rings is 1. The van der Waals surface area contributed by atoms with E-state index in [2.05, 4.69) is 53.5 Å². The van der Waals surface area contributed by atoms with E-state index in [1.165, 1.54) is 14.6 Å². The molecule has 0 unspecified atom stereocenters. The van der Waals surface area contributed by atoms with Gasteiger partial charge in [0.15, 0.2) is 5.96 Å². The highest BCUT2D eigenvalue weighted by Crippen LogP contribution is 2.17. The van der Waals surface area contributed by atoms with Gasteiger partial charge >= 0.3 is 0 Å². The normalized spacial score (nSPS) is 11.7. The average molecular weight is 323 g/mol. The van der Waals surface area contributed by atoms with Gasteiger partial charge in [-0.15, -0.1) is 22.7 Å². The number of aliphatic imine (C=N–C) groups is 1. The minimum Gasteiger partial charge on any atom is -0.357 e. The maximum Gasteiger partial charge on any atom is 0.191 e. The summed E-state index contributed by atoms with van der Waals surface area (Å²) >= 11 is 3.53. The second kappa shape index (κ2) is 7.56. The monoisotopic (exact) mass is 322 g/mol. The lowest BCUT2D eigenvalue weighted by atomic mass is 10.4. The lowest BCUT2D eigenvalue weighted by molar-refractivity contribution is 0.811. The van der Waals surface area contributed by atoms with E-state index < -0.39 is 0 Å². The Balaban J connectivity index is 1.94. The Morgan fingerprint density at radius 3 is 2.57 bits per heavy atom.